The summed E-state index contributed by atoms with van der Waals surface area (Å²) >= 11 is 5.68. The number of rotatable bonds is 8. The van der Waals surface area contributed by atoms with Crippen molar-refractivity contribution >= 4 is 59.0 Å². The van der Waals surface area contributed by atoms with Gasteiger partial charge in [0.05, 0.1) is 36.5 Å². The summed E-state index contributed by atoms with van der Waals surface area (Å²) in [5.41, 5.74) is 4.91. The van der Waals surface area contributed by atoms with Crippen LogP contribution >= 0.6 is 24.0 Å². The molecule has 1 N–H and O–H groups in total. The summed E-state index contributed by atoms with van der Waals surface area (Å²) in [5, 5.41) is 15.2. The van der Waals surface area contributed by atoms with Crippen molar-refractivity contribution in [3.63, 3.8) is 0 Å². The van der Waals surface area contributed by atoms with Crippen LogP contribution in [0.25, 0.3) is 22.8 Å². The number of carbonyl (C=O) groups excluding carboxylic acids is 1. The summed E-state index contributed by atoms with van der Waals surface area (Å²) in [7, 11) is 1.66. The van der Waals surface area contributed by atoms with Crippen molar-refractivity contribution in [3.05, 3.63) is 93.1 Å². The average Bonchev–Trinajstić information content (AvgIpc) is 3.50. The van der Waals surface area contributed by atoms with E-state index in [-0.39, 0.29) is 11.8 Å². The quantitative estimate of drug-likeness (QED) is 0.161. The Labute approximate surface area is 224 Å². The first-order valence-electron chi connectivity index (χ1n) is 11.5. The minimum absolute atomic E-state index is 0.255. The zero-order chi connectivity index (χ0) is 26.4. The van der Waals surface area contributed by atoms with Gasteiger partial charge in [-0.15, -0.1) is 24.0 Å². The van der Waals surface area contributed by atoms with Crippen LogP contribution < -0.4 is 10.1 Å². The van der Waals surface area contributed by atoms with E-state index in [1.807, 2.05) is 41.9 Å². The third-order valence-electron chi connectivity index (χ3n) is 5.65. The van der Waals surface area contributed by atoms with E-state index in [0.717, 1.165) is 22.4 Å². The second-order valence-corrected chi connectivity index (χ2v) is 9.42. The van der Waals surface area contributed by atoms with Crippen LogP contribution in [0.15, 0.2) is 64.4 Å². The van der Waals surface area contributed by atoms with Crippen LogP contribution in [-0.2, 0) is 0 Å². The van der Waals surface area contributed by atoms with Crippen molar-refractivity contribution in [2.75, 3.05) is 7.11 Å². The molecule has 2 heterocycles. The van der Waals surface area contributed by atoms with Crippen LogP contribution in [0.3, 0.4) is 0 Å². The number of ether oxygens (including phenoxy) is 1. The normalized spacial score (nSPS) is 12.1. The number of thiazole rings is 1. The lowest BCUT2D eigenvalue weighted by Crippen LogP contribution is -2.23. The summed E-state index contributed by atoms with van der Waals surface area (Å²) in [6.07, 6.45) is 6.96. The van der Waals surface area contributed by atoms with Gasteiger partial charge in [-0.25, -0.2) is 9.98 Å². The van der Waals surface area contributed by atoms with E-state index in [1.54, 1.807) is 35.8 Å². The average molecular weight is 528 g/mol. The molecular formula is C28H25N5O2S2. The van der Waals surface area contributed by atoms with Crippen LogP contribution in [-0.4, -0.2) is 28.7 Å². The SMILES string of the molecule is COc1cccc(C=Cc2nc3sccn3c2C(=O)NC=NC(=CS)c2ccc(C#N)cc2)c1C(C)C. The topological polar surface area (TPSA) is 91.8 Å². The van der Waals surface area contributed by atoms with Gasteiger partial charge in [-0.1, -0.05) is 44.2 Å². The summed E-state index contributed by atoms with van der Waals surface area (Å²) in [6.45, 7) is 4.23. The Morgan fingerprint density at radius 2 is 2.03 bits per heavy atom. The van der Waals surface area contributed by atoms with Crippen LogP contribution in [0.2, 0.25) is 0 Å². The first kappa shape index (κ1) is 25.9. The highest BCUT2D eigenvalue weighted by Crippen LogP contribution is 2.31. The highest BCUT2D eigenvalue weighted by atomic mass is 32.1. The van der Waals surface area contributed by atoms with Gasteiger partial charge in [-0.05, 0) is 41.2 Å². The smallest absolute Gasteiger partial charge is 0.275 e. The standard InChI is InChI=1S/C28H25N5O2S2/c1-18(2)25-21(5-4-6-24(25)35-3)11-12-22-26(33-13-14-37-28(33)32-22)27(34)31-17-30-23(16-36)20-9-7-19(15-29)8-10-20/h4-14,16-18,36H,1-3H3,(H,30,31,34). The number of benzene rings is 2. The third kappa shape index (κ3) is 5.66. The van der Waals surface area contributed by atoms with Gasteiger partial charge in [0.1, 0.15) is 11.4 Å². The Morgan fingerprint density at radius 1 is 1.24 bits per heavy atom. The van der Waals surface area contributed by atoms with Crippen molar-refractivity contribution < 1.29 is 9.53 Å². The number of imidazole rings is 1. The Balaban J connectivity index is 1.60. The number of aromatic nitrogens is 2. The molecule has 186 valence electrons. The van der Waals surface area contributed by atoms with E-state index in [2.05, 4.69) is 47.8 Å². The molecule has 0 spiro atoms. The number of thiol groups is 1. The van der Waals surface area contributed by atoms with E-state index < -0.39 is 0 Å². The minimum Gasteiger partial charge on any atom is -0.496 e. The summed E-state index contributed by atoms with van der Waals surface area (Å²) < 4.78 is 7.32. The molecule has 2 aromatic heterocycles. The molecule has 2 aromatic carbocycles. The number of nitriles is 1. The molecule has 9 heteroatoms. The number of amides is 1. The molecular weight excluding hydrogens is 502 g/mol. The number of hydrogen-bond donors (Lipinski definition) is 2. The number of hydrogen-bond acceptors (Lipinski definition) is 7. The molecule has 0 aliphatic carbocycles. The van der Waals surface area contributed by atoms with Crippen molar-refractivity contribution in [2.24, 2.45) is 4.99 Å². The number of nitrogens with zero attached hydrogens (tertiary/aromatic N) is 4. The molecule has 7 nitrogen and oxygen atoms in total. The number of nitrogens with one attached hydrogen (secondary N) is 1. The molecule has 0 unspecified atom stereocenters. The molecule has 0 saturated heterocycles. The molecule has 0 bridgehead atoms. The fourth-order valence-electron chi connectivity index (χ4n) is 3.94. The largest absolute Gasteiger partial charge is 0.496 e. The molecule has 1 amide bonds. The van der Waals surface area contributed by atoms with Crippen molar-refractivity contribution in [3.8, 4) is 11.8 Å². The molecule has 0 fully saturated rings. The van der Waals surface area contributed by atoms with Gasteiger partial charge in [-0.3, -0.25) is 9.20 Å². The Kier molecular flexibility index (Phi) is 8.23. The van der Waals surface area contributed by atoms with Crippen molar-refractivity contribution in [1.29, 1.82) is 5.26 Å². The fraction of sp³-hybridized carbons (Fsp3) is 0.143. The van der Waals surface area contributed by atoms with E-state index in [9.17, 15) is 4.79 Å². The van der Waals surface area contributed by atoms with Gasteiger partial charge in [-0.2, -0.15) is 5.26 Å². The highest BCUT2D eigenvalue weighted by Gasteiger charge is 2.18. The Morgan fingerprint density at radius 3 is 2.70 bits per heavy atom. The molecule has 4 aromatic rings. The highest BCUT2D eigenvalue weighted by molar-refractivity contribution is 7.83. The zero-order valence-corrected chi connectivity index (χ0v) is 22.3. The van der Waals surface area contributed by atoms with E-state index in [1.165, 1.54) is 23.1 Å². The lowest BCUT2D eigenvalue weighted by atomic mass is 9.95. The van der Waals surface area contributed by atoms with E-state index in [4.69, 9.17) is 10.00 Å². The van der Waals surface area contributed by atoms with E-state index in [0.29, 0.717) is 27.6 Å². The molecule has 0 aliphatic heterocycles. The van der Waals surface area contributed by atoms with Crippen LogP contribution in [0.1, 0.15) is 58.2 Å². The van der Waals surface area contributed by atoms with Gasteiger partial charge >= 0.3 is 0 Å². The lowest BCUT2D eigenvalue weighted by molar-refractivity contribution is 0.0972. The maximum absolute atomic E-state index is 13.2. The maximum atomic E-state index is 13.2. The second-order valence-electron chi connectivity index (χ2n) is 8.29. The lowest BCUT2D eigenvalue weighted by Gasteiger charge is -2.14. The van der Waals surface area contributed by atoms with Crippen LogP contribution in [0, 0.1) is 11.3 Å². The van der Waals surface area contributed by atoms with Crippen LogP contribution in [0.5, 0.6) is 5.75 Å². The van der Waals surface area contributed by atoms with Gasteiger partial charge in [0, 0.05) is 22.7 Å². The van der Waals surface area contributed by atoms with Gasteiger partial charge in [0.2, 0.25) is 0 Å². The van der Waals surface area contributed by atoms with Crippen LogP contribution in [0.4, 0.5) is 0 Å². The zero-order valence-electron chi connectivity index (χ0n) is 20.5. The van der Waals surface area contributed by atoms with Gasteiger partial charge < -0.3 is 10.1 Å². The molecule has 4 rings (SSSR count). The maximum Gasteiger partial charge on any atom is 0.275 e. The molecule has 0 aliphatic rings. The number of aliphatic imine (C=N–C) groups is 1. The molecule has 0 atom stereocenters. The predicted molar refractivity (Wildman–Crippen MR) is 153 cm³/mol. The van der Waals surface area contributed by atoms with Crippen molar-refractivity contribution in [2.45, 2.75) is 19.8 Å². The number of fused-ring (bicyclic) bond motifs is 1. The van der Waals surface area contributed by atoms with Crippen molar-refractivity contribution in [1.82, 2.24) is 14.7 Å². The predicted octanol–water partition coefficient (Wildman–Crippen LogP) is 6.26. The van der Waals surface area contributed by atoms with Gasteiger partial charge in [0.25, 0.3) is 5.91 Å². The minimum atomic E-state index is -0.345. The first-order valence-corrected chi connectivity index (χ1v) is 12.8. The molecule has 0 saturated carbocycles. The molecule has 37 heavy (non-hydrogen) atoms. The summed E-state index contributed by atoms with van der Waals surface area (Å²) in [6, 6.07) is 15.0. The molecule has 0 radical (unpaired) electrons. The van der Waals surface area contributed by atoms with E-state index >= 15 is 0 Å². The third-order valence-corrected chi connectivity index (χ3v) is 6.65. The first-order chi connectivity index (χ1) is 18.0. The monoisotopic (exact) mass is 527 g/mol. The summed E-state index contributed by atoms with van der Waals surface area (Å²) in [4.78, 5) is 22.9. The fourth-order valence-corrected chi connectivity index (χ4v) is 4.88. The number of carbonyl (C=O) groups is 1. The second kappa shape index (κ2) is 11.7. The van der Waals surface area contributed by atoms with Gasteiger partial charge in [0.15, 0.2) is 4.96 Å². The Hall–Kier alpha value is -4.13. The Bertz CT molecular complexity index is 1550. The summed E-state index contributed by atoms with van der Waals surface area (Å²) in [5.74, 6) is 0.736. The number of methoxy groups -OCH3 is 1.